The lowest BCUT2D eigenvalue weighted by Crippen LogP contribution is -2.43. The van der Waals surface area contributed by atoms with Crippen molar-refractivity contribution in [1.29, 1.82) is 0 Å². The molecule has 1 amide bonds. The zero-order valence-corrected chi connectivity index (χ0v) is 27.2. The molecule has 3 aromatic carbocycles. The second-order valence-corrected chi connectivity index (χ2v) is 11.8. The number of carbonyl (C=O) groups is 1. The van der Waals surface area contributed by atoms with Crippen molar-refractivity contribution < 1.29 is 19.0 Å². The van der Waals surface area contributed by atoms with Crippen LogP contribution in [0.2, 0.25) is 0 Å². The van der Waals surface area contributed by atoms with Crippen molar-refractivity contribution in [3.8, 4) is 17.2 Å². The minimum Gasteiger partial charge on any atom is -0.496 e. The van der Waals surface area contributed by atoms with Crippen molar-refractivity contribution in [3.63, 3.8) is 0 Å². The Morgan fingerprint density at radius 1 is 1.05 bits per heavy atom. The van der Waals surface area contributed by atoms with Crippen molar-refractivity contribution in [1.82, 2.24) is 9.47 Å². The van der Waals surface area contributed by atoms with E-state index < -0.39 is 6.04 Å². The number of nitrogens with zero attached hydrogens (tertiary/aromatic N) is 3. The third-order valence-corrected chi connectivity index (χ3v) is 8.64. The number of aromatic nitrogens is 1. The van der Waals surface area contributed by atoms with Gasteiger partial charge in [0.1, 0.15) is 11.8 Å². The number of likely N-dealkylation sites (N-methyl/N-ethyl adjacent to an activating group) is 1. The molecule has 0 spiro atoms. The number of allylic oxidation sites excluding steroid dienone is 1. The standard InChI is InChI=1S/C35H39N3O5S/c1-8-37(9-2)34(40)30-22(6)36-35-38(32(30)31-25-14-12-11-13-24(25)16-18-27(31)41-7)33(39)29(44-35)20-23-15-17-26(43-21(4)5)28(19-23)42-10-3/h11-21,32H,8-10H2,1-7H3/b29-20+/t32-/m0/s1. The number of amides is 1. The quantitative estimate of drug-likeness (QED) is 0.238. The van der Waals surface area contributed by atoms with Gasteiger partial charge in [0.25, 0.3) is 11.5 Å². The van der Waals surface area contributed by atoms with Gasteiger partial charge in [-0.15, -0.1) is 0 Å². The van der Waals surface area contributed by atoms with Gasteiger partial charge in [0, 0.05) is 18.7 Å². The van der Waals surface area contributed by atoms with Gasteiger partial charge in [-0.25, -0.2) is 4.99 Å². The fourth-order valence-corrected chi connectivity index (χ4v) is 6.72. The van der Waals surface area contributed by atoms with E-state index in [1.165, 1.54) is 11.3 Å². The van der Waals surface area contributed by atoms with Crippen LogP contribution in [-0.2, 0) is 4.79 Å². The molecule has 0 saturated heterocycles. The predicted molar refractivity (Wildman–Crippen MR) is 176 cm³/mol. The van der Waals surface area contributed by atoms with Crippen LogP contribution in [0.25, 0.3) is 16.8 Å². The highest BCUT2D eigenvalue weighted by molar-refractivity contribution is 7.07. The van der Waals surface area contributed by atoms with Crippen molar-refractivity contribution in [2.45, 2.75) is 53.7 Å². The summed E-state index contributed by atoms with van der Waals surface area (Å²) in [5.41, 5.74) is 2.38. The number of ether oxygens (including phenoxy) is 3. The van der Waals surface area contributed by atoms with Crippen molar-refractivity contribution in [2.24, 2.45) is 4.99 Å². The summed E-state index contributed by atoms with van der Waals surface area (Å²) in [6, 6.07) is 16.8. The Kier molecular flexibility index (Phi) is 9.25. The van der Waals surface area contributed by atoms with Crippen LogP contribution in [0.15, 0.2) is 75.7 Å². The van der Waals surface area contributed by atoms with Crippen LogP contribution in [0.5, 0.6) is 17.2 Å². The second kappa shape index (κ2) is 13.1. The molecule has 1 aliphatic heterocycles. The Hall–Kier alpha value is -4.37. The molecule has 0 N–H and O–H groups in total. The third kappa shape index (κ3) is 5.76. The molecule has 5 rings (SSSR count). The van der Waals surface area contributed by atoms with Gasteiger partial charge >= 0.3 is 0 Å². The average Bonchev–Trinajstić information content (AvgIpc) is 3.31. The van der Waals surface area contributed by atoms with E-state index in [0.29, 0.717) is 57.5 Å². The molecule has 230 valence electrons. The number of hydrogen-bond acceptors (Lipinski definition) is 7. The Morgan fingerprint density at radius 3 is 2.45 bits per heavy atom. The van der Waals surface area contributed by atoms with Crippen LogP contribution in [0.4, 0.5) is 0 Å². The summed E-state index contributed by atoms with van der Waals surface area (Å²) in [5, 5.41) is 1.90. The van der Waals surface area contributed by atoms with E-state index in [1.54, 1.807) is 16.6 Å². The van der Waals surface area contributed by atoms with Gasteiger partial charge in [-0.3, -0.25) is 14.2 Å². The maximum absolute atomic E-state index is 14.4. The number of methoxy groups -OCH3 is 1. The molecule has 0 unspecified atom stereocenters. The van der Waals surface area contributed by atoms with Gasteiger partial charge in [0.2, 0.25) is 0 Å². The largest absolute Gasteiger partial charge is 0.496 e. The lowest BCUT2D eigenvalue weighted by atomic mass is 9.90. The summed E-state index contributed by atoms with van der Waals surface area (Å²) < 4.78 is 19.8. The Morgan fingerprint density at radius 2 is 1.77 bits per heavy atom. The van der Waals surface area contributed by atoms with Gasteiger partial charge < -0.3 is 19.1 Å². The first-order valence-electron chi connectivity index (χ1n) is 15.0. The molecule has 1 aliphatic rings. The minimum atomic E-state index is -0.733. The predicted octanol–water partition coefficient (Wildman–Crippen LogP) is 5.45. The Balaban J connectivity index is 1.78. The van der Waals surface area contributed by atoms with Crippen LogP contribution < -0.4 is 29.1 Å². The first-order chi connectivity index (χ1) is 21.2. The number of benzene rings is 3. The van der Waals surface area contributed by atoms with Gasteiger partial charge in [-0.2, -0.15) is 0 Å². The number of thiazole rings is 1. The molecule has 44 heavy (non-hydrogen) atoms. The minimum absolute atomic E-state index is 0.00806. The Labute approximate surface area is 261 Å². The van der Waals surface area contributed by atoms with Gasteiger partial charge in [0.15, 0.2) is 16.3 Å². The molecule has 1 atom stereocenters. The maximum atomic E-state index is 14.4. The molecular weight excluding hydrogens is 574 g/mol. The van der Waals surface area contributed by atoms with Crippen molar-refractivity contribution >= 4 is 34.1 Å². The summed E-state index contributed by atoms with van der Waals surface area (Å²) in [7, 11) is 1.61. The van der Waals surface area contributed by atoms with E-state index in [4.69, 9.17) is 19.2 Å². The highest BCUT2D eigenvalue weighted by atomic mass is 32.1. The van der Waals surface area contributed by atoms with Gasteiger partial charge in [-0.1, -0.05) is 47.7 Å². The van der Waals surface area contributed by atoms with Crippen molar-refractivity contribution in [3.05, 3.63) is 96.7 Å². The number of carbonyl (C=O) groups excluding carboxylic acids is 1. The number of hydrogen-bond donors (Lipinski definition) is 0. The summed E-state index contributed by atoms with van der Waals surface area (Å²) >= 11 is 1.30. The summed E-state index contributed by atoms with van der Waals surface area (Å²) in [6.45, 7) is 13.2. The molecule has 2 heterocycles. The van der Waals surface area contributed by atoms with Crippen LogP contribution in [0.3, 0.4) is 0 Å². The van der Waals surface area contributed by atoms with E-state index in [9.17, 15) is 9.59 Å². The highest BCUT2D eigenvalue weighted by Gasteiger charge is 2.36. The number of rotatable bonds is 10. The maximum Gasteiger partial charge on any atom is 0.271 e. The van der Waals surface area contributed by atoms with Crippen LogP contribution >= 0.6 is 11.3 Å². The van der Waals surface area contributed by atoms with Crippen LogP contribution in [-0.4, -0.2) is 48.3 Å². The molecule has 0 bridgehead atoms. The monoisotopic (exact) mass is 613 g/mol. The smallest absolute Gasteiger partial charge is 0.271 e. The zero-order valence-electron chi connectivity index (χ0n) is 26.3. The van der Waals surface area contributed by atoms with E-state index in [-0.39, 0.29) is 17.6 Å². The fraction of sp³-hybridized carbons (Fsp3) is 0.343. The first kappa shape index (κ1) is 31.1. The molecule has 0 radical (unpaired) electrons. The summed E-state index contributed by atoms with van der Waals surface area (Å²) in [6.07, 6.45) is 1.83. The van der Waals surface area contributed by atoms with E-state index in [2.05, 4.69) is 0 Å². The summed E-state index contributed by atoms with van der Waals surface area (Å²) in [4.78, 5) is 35.7. The molecule has 0 aliphatic carbocycles. The van der Waals surface area contributed by atoms with Crippen molar-refractivity contribution in [2.75, 3.05) is 26.8 Å². The normalized spacial score (nSPS) is 14.9. The molecule has 8 nitrogen and oxygen atoms in total. The topological polar surface area (TPSA) is 82.4 Å². The van der Waals surface area contributed by atoms with Gasteiger partial charge in [-0.05, 0) is 82.2 Å². The average molecular weight is 614 g/mol. The zero-order chi connectivity index (χ0) is 31.5. The molecular formula is C35H39N3O5S. The molecule has 1 aromatic heterocycles. The van der Waals surface area contributed by atoms with Crippen LogP contribution in [0, 0.1) is 0 Å². The van der Waals surface area contributed by atoms with E-state index in [1.807, 2.05) is 102 Å². The fourth-order valence-electron chi connectivity index (χ4n) is 5.67. The highest BCUT2D eigenvalue weighted by Crippen LogP contribution is 2.40. The molecule has 9 heteroatoms. The lowest BCUT2D eigenvalue weighted by molar-refractivity contribution is -0.127. The second-order valence-electron chi connectivity index (χ2n) is 10.8. The summed E-state index contributed by atoms with van der Waals surface area (Å²) in [5.74, 6) is 1.72. The third-order valence-electron chi connectivity index (χ3n) is 7.65. The first-order valence-corrected chi connectivity index (χ1v) is 15.8. The molecule has 4 aromatic rings. The lowest BCUT2D eigenvalue weighted by Gasteiger charge is -2.30. The Bertz CT molecular complexity index is 1920. The van der Waals surface area contributed by atoms with E-state index >= 15 is 0 Å². The van der Waals surface area contributed by atoms with E-state index in [0.717, 1.165) is 21.9 Å². The van der Waals surface area contributed by atoms with Crippen LogP contribution in [0.1, 0.15) is 58.7 Å². The molecule has 0 saturated carbocycles. The number of fused-ring (bicyclic) bond motifs is 2. The SMILES string of the molecule is CCOc1cc(/C=c2/sc3n(c2=O)[C@H](c2c(OC)ccc4ccccc24)C(C(=O)N(CC)CC)=C(C)N=3)ccc1OC(C)C. The van der Waals surface area contributed by atoms with Gasteiger partial charge in [0.05, 0.1) is 35.6 Å². The molecule has 0 fully saturated rings.